The fourth-order valence-electron chi connectivity index (χ4n) is 2.56. The summed E-state index contributed by atoms with van der Waals surface area (Å²) < 4.78 is 0. The summed E-state index contributed by atoms with van der Waals surface area (Å²) in [7, 11) is 1.61. The van der Waals surface area contributed by atoms with Gasteiger partial charge in [0.15, 0.2) is 0 Å². The molecule has 98 valence electrons. The van der Waals surface area contributed by atoms with Crippen LogP contribution < -0.4 is 4.90 Å². The maximum atomic E-state index is 11.7. The number of hydrogen-bond acceptors (Lipinski definition) is 3. The number of hydroxylamine groups is 2. The van der Waals surface area contributed by atoms with Crippen molar-refractivity contribution in [2.75, 3.05) is 18.5 Å². The van der Waals surface area contributed by atoms with Crippen LogP contribution in [0.4, 0.5) is 5.69 Å². The second-order valence-corrected chi connectivity index (χ2v) is 5.08. The minimum Gasteiger partial charge on any atom is -0.314 e. The van der Waals surface area contributed by atoms with Crippen molar-refractivity contribution in [1.29, 1.82) is 0 Å². The molecule has 0 fully saturated rings. The molecule has 1 unspecified atom stereocenters. The molecule has 1 atom stereocenters. The number of fused-ring (bicyclic) bond motifs is 1. The van der Waals surface area contributed by atoms with Crippen LogP contribution in [0.2, 0.25) is 5.02 Å². The van der Waals surface area contributed by atoms with Crippen molar-refractivity contribution in [2.24, 2.45) is 0 Å². The highest BCUT2D eigenvalue weighted by Crippen LogP contribution is 2.42. The Labute approximate surface area is 112 Å². The van der Waals surface area contributed by atoms with Gasteiger partial charge in [-0.15, -0.1) is 0 Å². The number of rotatable bonds is 1. The minimum absolute atomic E-state index is 0.000611. The van der Waals surface area contributed by atoms with Crippen LogP contribution in [0.1, 0.15) is 30.5 Å². The van der Waals surface area contributed by atoms with Crippen LogP contribution >= 0.6 is 11.6 Å². The standard InChI is InChI=1S/C13H17ClN2O2/c1-8-4-5-10(14)12-11(15(3)18)6-7-16(9(2)17)13(8)12/h4-5,11,18H,6-7H2,1-3H3. The fraction of sp³-hybridized carbons (Fsp3) is 0.462. The van der Waals surface area contributed by atoms with E-state index in [1.165, 1.54) is 5.06 Å². The minimum atomic E-state index is -0.164. The summed E-state index contributed by atoms with van der Waals surface area (Å²) >= 11 is 6.25. The van der Waals surface area contributed by atoms with E-state index in [1.807, 2.05) is 19.1 Å². The molecule has 1 heterocycles. The number of benzene rings is 1. The van der Waals surface area contributed by atoms with Gasteiger partial charge in [-0.3, -0.25) is 4.79 Å². The van der Waals surface area contributed by atoms with Crippen molar-refractivity contribution in [3.8, 4) is 0 Å². The molecule has 0 saturated heterocycles. The second-order valence-electron chi connectivity index (χ2n) is 4.68. The van der Waals surface area contributed by atoms with Crippen molar-refractivity contribution >= 4 is 23.2 Å². The van der Waals surface area contributed by atoms with Gasteiger partial charge in [-0.05, 0) is 25.0 Å². The Balaban J connectivity index is 2.63. The highest BCUT2D eigenvalue weighted by atomic mass is 35.5. The first kappa shape index (κ1) is 13.3. The second kappa shape index (κ2) is 4.88. The molecule has 0 aliphatic carbocycles. The Morgan fingerprint density at radius 1 is 1.56 bits per heavy atom. The lowest BCUT2D eigenvalue weighted by Gasteiger charge is -2.37. The molecular weight excluding hydrogens is 252 g/mol. The molecular formula is C13H17ClN2O2. The van der Waals surface area contributed by atoms with Crippen molar-refractivity contribution in [3.63, 3.8) is 0 Å². The third-order valence-electron chi connectivity index (χ3n) is 3.43. The van der Waals surface area contributed by atoms with E-state index in [1.54, 1.807) is 18.9 Å². The molecule has 1 amide bonds. The Bertz CT molecular complexity index is 488. The van der Waals surface area contributed by atoms with E-state index in [0.29, 0.717) is 18.0 Å². The van der Waals surface area contributed by atoms with Gasteiger partial charge in [0, 0.05) is 31.1 Å². The van der Waals surface area contributed by atoms with Gasteiger partial charge in [0.05, 0.1) is 11.7 Å². The van der Waals surface area contributed by atoms with Gasteiger partial charge in [-0.1, -0.05) is 17.7 Å². The van der Waals surface area contributed by atoms with E-state index < -0.39 is 0 Å². The zero-order valence-corrected chi connectivity index (χ0v) is 11.5. The Morgan fingerprint density at radius 3 is 2.78 bits per heavy atom. The van der Waals surface area contributed by atoms with Crippen molar-refractivity contribution < 1.29 is 10.0 Å². The van der Waals surface area contributed by atoms with E-state index in [9.17, 15) is 10.0 Å². The Hall–Kier alpha value is -1.10. The molecule has 5 heteroatoms. The lowest BCUT2D eigenvalue weighted by Crippen LogP contribution is -2.39. The van der Waals surface area contributed by atoms with E-state index in [0.717, 1.165) is 16.8 Å². The molecule has 1 aliphatic rings. The van der Waals surface area contributed by atoms with Crippen LogP contribution in [-0.2, 0) is 4.79 Å². The van der Waals surface area contributed by atoms with Crippen LogP contribution in [0.3, 0.4) is 0 Å². The van der Waals surface area contributed by atoms with Gasteiger partial charge in [0.2, 0.25) is 5.91 Å². The number of aryl methyl sites for hydroxylation is 1. The first-order valence-corrected chi connectivity index (χ1v) is 6.30. The summed E-state index contributed by atoms with van der Waals surface area (Å²) in [5.74, 6) is 0.000611. The smallest absolute Gasteiger partial charge is 0.223 e. The van der Waals surface area contributed by atoms with Gasteiger partial charge in [0.1, 0.15) is 0 Å². The van der Waals surface area contributed by atoms with Crippen molar-refractivity contribution in [2.45, 2.75) is 26.3 Å². The lowest BCUT2D eigenvalue weighted by molar-refractivity contribution is -0.118. The molecule has 1 N–H and O–H groups in total. The number of carbonyl (C=O) groups excluding carboxylic acids is 1. The topological polar surface area (TPSA) is 43.8 Å². The average Bonchev–Trinajstić information content (AvgIpc) is 2.32. The highest BCUT2D eigenvalue weighted by Gasteiger charge is 2.32. The molecule has 2 rings (SSSR count). The lowest BCUT2D eigenvalue weighted by atomic mass is 9.93. The predicted molar refractivity (Wildman–Crippen MR) is 71.1 cm³/mol. The predicted octanol–water partition coefficient (Wildman–Crippen LogP) is 2.77. The molecule has 1 aliphatic heterocycles. The monoisotopic (exact) mass is 268 g/mol. The van der Waals surface area contributed by atoms with Crippen LogP contribution in [0.15, 0.2) is 12.1 Å². The zero-order chi connectivity index (χ0) is 13.4. The summed E-state index contributed by atoms with van der Waals surface area (Å²) in [5, 5.41) is 11.5. The third-order valence-corrected chi connectivity index (χ3v) is 3.76. The van der Waals surface area contributed by atoms with Gasteiger partial charge in [0.25, 0.3) is 0 Å². The normalized spacial score (nSPS) is 19.0. The van der Waals surface area contributed by atoms with E-state index in [2.05, 4.69) is 0 Å². The number of anilines is 1. The number of amides is 1. The Morgan fingerprint density at radius 2 is 2.22 bits per heavy atom. The first-order valence-electron chi connectivity index (χ1n) is 5.92. The Kier molecular flexibility index (Phi) is 3.61. The quantitative estimate of drug-likeness (QED) is 0.797. The SMILES string of the molecule is CC(=O)N1CCC(N(C)O)c2c(Cl)ccc(C)c21. The zero-order valence-electron chi connectivity index (χ0n) is 10.8. The molecule has 0 bridgehead atoms. The number of halogens is 1. The molecule has 0 radical (unpaired) electrons. The van der Waals surface area contributed by atoms with Gasteiger partial charge >= 0.3 is 0 Å². The maximum absolute atomic E-state index is 11.7. The summed E-state index contributed by atoms with van der Waals surface area (Å²) in [6, 6.07) is 3.55. The van der Waals surface area contributed by atoms with Gasteiger partial charge < -0.3 is 10.1 Å². The first-order chi connectivity index (χ1) is 8.43. The van der Waals surface area contributed by atoms with Crippen LogP contribution in [0, 0.1) is 6.92 Å². The summed E-state index contributed by atoms with van der Waals surface area (Å²) in [6.07, 6.45) is 0.669. The van der Waals surface area contributed by atoms with Crippen molar-refractivity contribution in [1.82, 2.24) is 5.06 Å². The summed E-state index contributed by atoms with van der Waals surface area (Å²) in [4.78, 5) is 13.4. The molecule has 0 aromatic heterocycles. The highest BCUT2D eigenvalue weighted by molar-refractivity contribution is 6.32. The van der Waals surface area contributed by atoms with Crippen molar-refractivity contribution in [3.05, 3.63) is 28.3 Å². The average molecular weight is 269 g/mol. The largest absolute Gasteiger partial charge is 0.314 e. The van der Waals surface area contributed by atoms with Gasteiger partial charge in [-0.25, -0.2) is 0 Å². The number of carbonyl (C=O) groups is 1. The molecule has 4 nitrogen and oxygen atoms in total. The number of hydrogen-bond donors (Lipinski definition) is 1. The van der Waals surface area contributed by atoms with E-state index in [4.69, 9.17) is 11.6 Å². The third kappa shape index (κ3) is 2.11. The molecule has 0 saturated carbocycles. The summed E-state index contributed by atoms with van der Waals surface area (Å²) in [6.45, 7) is 4.09. The van der Waals surface area contributed by atoms with Crippen LogP contribution in [0.5, 0.6) is 0 Å². The fourth-order valence-corrected chi connectivity index (χ4v) is 2.84. The molecule has 18 heavy (non-hydrogen) atoms. The molecule has 1 aromatic rings. The maximum Gasteiger partial charge on any atom is 0.223 e. The molecule has 1 aromatic carbocycles. The molecule has 0 spiro atoms. The van der Waals surface area contributed by atoms with Crippen LogP contribution in [0.25, 0.3) is 0 Å². The van der Waals surface area contributed by atoms with E-state index >= 15 is 0 Å². The van der Waals surface area contributed by atoms with Crippen LogP contribution in [-0.4, -0.2) is 29.8 Å². The van der Waals surface area contributed by atoms with Gasteiger partial charge in [-0.2, -0.15) is 5.06 Å². The number of nitrogens with zero attached hydrogens (tertiary/aromatic N) is 2. The van der Waals surface area contributed by atoms with E-state index in [-0.39, 0.29) is 11.9 Å². The summed E-state index contributed by atoms with van der Waals surface area (Å²) in [5.41, 5.74) is 2.67.